The lowest BCUT2D eigenvalue weighted by atomic mass is 9.93. The van der Waals surface area contributed by atoms with Crippen molar-refractivity contribution >= 4 is 22.9 Å². The molecule has 9 heteroatoms. The number of carbonyl (C=O) groups is 1. The van der Waals surface area contributed by atoms with Crippen molar-refractivity contribution in [3.8, 4) is 0 Å². The number of aromatic nitrogens is 2. The van der Waals surface area contributed by atoms with Gasteiger partial charge in [0.15, 0.2) is 0 Å². The number of carbonyl (C=O) groups excluding carboxylic acids is 1. The number of nitrogens with one attached hydrogen (secondary N) is 2. The largest absolute Gasteiger partial charge is 0.418 e. The van der Waals surface area contributed by atoms with E-state index >= 15 is 0 Å². The Morgan fingerprint density at radius 2 is 1.97 bits per heavy atom. The summed E-state index contributed by atoms with van der Waals surface area (Å²) in [5.74, 6) is -0.907. The van der Waals surface area contributed by atoms with Gasteiger partial charge in [-0.25, -0.2) is 0 Å². The quantitative estimate of drug-likeness (QED) is 0.643. The van der Waals surface area contributed by atoms with Gasteiger partial charge in [-0.2, -0.15) is 13.2 Å². The Balaban J connectivity index is 1.67. The molecule has 1 amide bonds. The molecule has 1 aliphatic heterocycles. The van der Waals surface area contributed by atoms with Gasteiger partial charge in [0.1, 0.15) is 11.2 Å². The molecular formula is C22H23F3N4O2. The first-order valence-corrected chi connectivity index (χ1v) is 9.93. The molecule has 0 bridgehead atoms. The number of fused-ring (bicyclic) bond motifs is 1. The fourth-order valence-electron chi connectivity index (χ4n) is 3.97. The van der Waals surface area contributed by atoms with E-state index < -0.39 is 23.2 Å². The summed E-state index contributed by atoms with van der Waals surface area (Å²) in [6.45, 7) is 7.27. The van der Waals surface area contributed by atoms with Gasteiger partial charge in [0, 0.05) is 31.2 Å². The van der Waals surface area contributed by atoms with E-state index in [1.54, 1.807) is 25.3 Å². The normalized spacial score (nSPS) is 16.1. The Kier molecular flexibility index (Phi) is 4.87. The number of H-pyrrole nitrogens is 1. The number of rotatable bonds is 3. The molecule has 3 aromatic rings. The summed E-state index contributed by atoms with van der Waals surface area (Å²) in [7, 11) is 0. The third-order valence-corrected chi connectivity index (χ3v) is 5.61. The molecule has 0 spiro atoms. The molecule has 2 N–H and O–H groups in total. The Labute approximate surface area is 176 Å². The van der Waals surface area contributed by atoms with E-state index in [1.165, 1.54) is 16.7 Å². The minimum absolute atomic E-state index is 0.0295. The maximum Gasteiger partial charge on any atom is 0.418 e. The highest BCUT2D eigenvalue weighted by Gasteiger charge is 2.36. The summed E-state index contributed by atoms with van der Waals surface area (Å²) < 4.78 is 42.6. The van der Waals surface area contributed by atoms with Crippen molar-refractivity contribution in [2.24, 2.45) is 5.41 Å². The van der Waals surface area contributed by atoms with Crippen LogP contribution in [0.4, 0.5) is 24.5 Å². The van der Waals surface area contributed by atoms with E-state index in [-0.39, 0.29) is 16.7 Å². The predicted molar refractivity (Wildman–Crippen MR) is 113 cm³/mol. The molecule has 3 heterocycles. The first-order valence-electron chi connectivity index (χ1n) is 9.93. The van der Waals surface area contributed by atoms with Gasteiger partial charge in [-0.15, -0.1) is 0 Å². The molecule has 31 heavy (non-hydrogen) atoms. The Hall–Kier alpha value is -3.23. The topological polar surface area (TPSA) is 69.6 Å². The zero-order valence-corrected chi connectivity index (χ0v) is 17.4. The zero-order chi connectivity index (χ0) is 22.6. The van der Waals surface area contributed by atoms with E-state index in [9.17, 15) is 22.8 Å². The zero-order valence-electron chi connectivity index (χ0n) is 17.4. The van der Waals surface area contributed by atoms with Crippen molar-refractivity contribution in [3.05, 3.63) is 63.7 Å². The van der Waals surface area contributed by atoms with Crippen molar-refractivity contribution in [1.82, 2.24) is 9.38 Å². The van der Waals surface area contributed by atoms with Gasteiger partial charge in [0.05, 0.1) is 11.3 Å². The van der Waals surface area contributed by atoms with Crippen LogP contribution in [-0.4, -0.2) is 28.4 Å². The maximum atomic E-state index is 13.8. The lowest BCUT2D eigenvalue weighted by Gasteiger charge is -2.23. The number of nitrogens with zero attached hydrogens (tertiary/aromatic N) is 2. The third-order valence-electron chi connectivity index (χ3n) is 5.61. The highest BCUT2D eigenvalue weighted by atomic mass is 19.4. The molecule has 0 saturated carbocycles. The summed E-state index contributed by atoms with van der Waals surface area (Å²) in [5.41, 5.74) is -0.426. The molecule has 2 aromatic heterocycles. The van der Waals surface area contributed by atoms with Crippen LogP contribution in [0.5, 0.6) is 0 Å². The SMILES string of the molecule is Cc1cc2[nH]cc(C(=O)Nc3ccc(N4CCC(C)(C)C4)cc3C(F)(F)F)c(=O)n2c1. The number of aromatic amines is 1. The number of hydrogen-bond acceptors (Lipinski definition) is 3. The Bertz CT molecular complexity index is 1220. The molecule has 6 nitrogen and oxygen atoms in total. The minimum atomic E-state index is -4.66. The highest BCUT2D eigenvalue weighted by molar-refractivity contribution is 6.04. The fraction of sp³-hybridized carbons (Fsp3) is 0.364. The van der Waals surface area contributed by atoms with E-state index in [1.807, 2.05) is 4.90 Å². The fourth-order valence-corrected chi connectivity index (χ4v) is 3.97. The van der Waals surface area contributed by atoms with Crippen molar-refractivity contribution < 1.29 is 18.0 Å². The second-order valence-corrected chi connectivity index (χ2v) is 8.80. The molecule has 1 aromatic carbocycles. The maximum absolute atomic E-state index is 13.8. The van der Waals surface area contributed by atoms with Gasteiger partial charge in [0.25, 0.3) is 11.5 Å². The molecular weight excluding hydrogens is 409 g/mol. The van der Waals surface area contributed by atoms with Crippen LogP contribution in [0.25, 0.3) is 5.65 Å². The van der Waals surface area contributed by atoms with Gasteiger partial charge >= 0.3 is 6.18 Å². The van der Waals surface area contributed by atoms with Crippen LogP contribution in [-0.2, 0) is 6.18 Å². The third kappa shape index (κ3) is 4.04. The molecule has 1 fully saturated rings. The number of benzene rings is 1. The van der Waals surface area contributed by atoms with Crippen molar-refractivity contribution in [1.29, 1.82) is 0 Å². The lowest BCUT2D eigenvalue weighted by Crippen LogP contribution is -2.27. The lowest BCUT2D eigenvalue weighted by molar-refractivity contribution is -0.136. The van der Waals surface area contributed by atoms with E-state index in [0.717, 1.165) is 18.1 Å². The number of amides is 1. The summed E-state index contributed by atoms with van der Waals surface area (Å²) in [6, 6.07) is 5.59. The molecule has 4 rings (SSSR count). The molecule has 164 valence electrons. The summed E-state index contributed by atoms with van der Waals surface area (Å²) in [6.07, 6.45) is -1.02. The smallest absolute Gasteiger partial charge is 0.371 e. The average Bonchev–Trinajstić information content (AvgIpc) is 3.23. The Morgan fingerprint density at radius 3 is 2.61 bits per heavy atom. The summed E-state index contributed by atoms with van der Waals surface area (Å²) >= 11 is 0. The average molecular weight is 432 g/mol. The van der Waals surface area contributed by atoms with Crippen LogP contribution in [0.15, 0.2) is 41.5 Å². The van der Waals surface area contributed by atoms with Crippen LogP contribution in [0.3, 0.4) is 0 Å². The van der Waals surface area contributed by atoms with Gasteiger partial charge < -0.3 is 15.2 Å². The second-order valence-electron chi connectivity index (χ2n) is 8.80. The number of anilines is 2. The molecule has 0 aliphatic carbocycles. The molecule has 0 unspecified atom stereocenters. The highest BCUT2D eigenvalue weighted by Crippen LogP contribution is 2.39. The van der Waals surface area contributed by atoms with E-state index in [4.69, 9.17) is 0 Å². The number of halogens is 3. The number of alkyl halides is 3. The minimum Gasteiger partial charge on any atom is -0.371 e. The molecule has 0 radical (unpaired) electrons. The summed E-state index contributed by atoms with van der Waals surface area (Å²) in [4.78, 5) is 30.0. The second kappa shape index (κ2) is 7.18. The van der Waals surface area contributed by atoms with Crippen LogP contribution >= 0.6 is 0 Å². The molecule has 1 saturated heterocycles. The predicted octanol–water partition coefficient (Wildman–Crippen LogP) is 4.44. The first-order chi connectivity index (χ1) is 14.4. The number of aryl methyl sites for hydroxylation is 1. The van der Waals surface area contributed by atoms with Crippen LogP contribution in [0.2, 0.25) is 0 Å². The first kappa shape index (κ1) is 21.0. The van der Waals surface area contributed by atoms with Crippen molar-refractivity contribution in [2.75, 3.05) is 23.3 Å². The number of hydrogen-bond donors (Lipinski definition) is 2. The van der Waals surface area contributed by atoms with Gasteiger partial charge in [-0.05, 0) is 48.6 Å². The van der Waals surface area contributed by atoms with Crippen LogP contribution in [0, 0.1) is 12.3 Å². The van der Waals surface area contributed by atoms with Crippen molar-refractivity contribution in [3.63, 3.8) is 0 Å². The van der Waals surface area contributed by atoms with Gasteiger partial charge in [-0.3, -0.25) is 14.0 Å². The molecule has 1 aliphatic rings. The van der Waals surface area contributed by atoms with Crippen LogP contribution < -0.4 is 15.8 Å². The standard InChI is InChI=1S/C22H23F3N4O2/c1-13-8-18-26-10-15(20(31)29(18)11-13)19(30)27-17-5-4-14(9-16(17)22(23,24)25)28-7-6-21(2,3)12-28/h4-5,8-11,26H,6-7,12H2,1-3H3,(H,27,30). The van der Waals surface area contributed by atoms with E-state index in [2.05, 4.69) is 24.1 Å². The Morgan fingerprint density at radius 1 is 1.23 bits per heavy atom. The molecule has 0 atom stereocenters. The van der Waals surface area contributed by atoms with Crippen molar-refractivity contribution in [2.45, 2.75) is 33.4 Å². The monoisotopic (exact) mass is 432 g/mol. The van der Waals surface area contributed by atoms with Gasteiger partial charge in [0.2, 0.25) is 0 Å². The summed E-state index contributed by atoms with van der Waals surface area (Å²) in [5, 5.41) is 2.27. The van der Waals surface area contributed by atoms with E-state index in [0.29, 0.717) is 24.4 Å². The van der Waals surface area contributed by atoms with Gasteiger partial charge in [-0.1, -0.05) is 13.8 Å². The van der Waals surface area contributed by atoms with Crippen LogP contribution in [0.1, 0.15) is 41.8 Å².